The van der Waals surface area contributed by atoms with Gasteiger partial charge in [-0.25, -0.2) is 4.79 Å². The molecule has 0 atom stereocenters. The number of allylic oxidation sites excluding steroid dienone is 2. The van der Waals surface area contributed by atoms with E-state index in [4.69, 9.17) is 4.52 Å². The number of hydrogen-bond donors (Lipinski definition) is 1. The highest BCUT2D eigenvalue weighted by molar-refractivity contribution is 5.63. The Morgan fingerprint density at radius 3 is 2.90 bits per heavy atom. The fraction of sp³-hybridized carbons (Fsp3) is 0.385. The minimum atomic E-state index is -0.502. The van der Waals surface area contributed by atoms with Gasteiger partial charge in [0.05, 0.1) is 0 Å². The Morgan fingerprint density at radius 2 is 2.20 bits per heavy atom. The van der Waals surface area contributed by atoms with E-state index in [2.05, 4.69) is 21.2 Å². The number of nitrogens with zero attached hydrogens (tertiary/aromatic N) is 3. The number of hydrogen-bond acceptors (Lipinski definition) is 5. The van der Waals surface area contributed by atoms with Crippen LogP contribution in [0.15, 0.2) is 20.2 Å². The van der Waals surface area contributed by atoms with Gasteiger partial charge < -0.3 is 9.09 Å². The Labute approximate surface area is 114 Å². The van der Waals surface area contributed by atoms with Crippen molar-refractivity contribution in [2.45, 2.75) is 26.2 Å². The first-order valence-electron chi connectivity index (χ1n) is 6.41. The van der Waals surface area contributed by atoms with Crippen molar-refractivity contribution in [1.29, 1.82) is 0 Å². The highest BCUT2D eigenvalue weighted by Gasteiger charge is 2.20. The highest BCUT2D eigenvalue weighted by atomic mass is 16.5. The summed E-state index contributed by atoms with van der Waals surface area (Å²) in [6, 6.07) is 0. The Morgan fingerprint density at radius 1 is 1.40 bits per heavy atom. The summed E-state index contributed by atoms with van der Waals surface area (Å²) in [5.74, 6) is 0.660. The van der Waals surface area contributed by atoms with E-state index >= 15 is 0 Å². The fourth-order valence-electron chi connectivity index (χ4n) is 2.31. The molecule has 0 saturated carbocycles. The molecule has 1 aliphatic carbocycles. The molecule has 0 fully saturated rings. The highest BCUT2D eigenvalue weighted by Crippen LogP contribution is 2.27. The molecule has 0 saturated heterocycles. The average Bonchev–Trinajstić information content (AvgIpc) is 3.06. The van der Waals surface area contributed by atoms with Crippen LogP contribution in [0.4, 0.5) is 0 Å². The zero-order valence-electron chi connectivity index (χ0n) is 11.3. The number of nitrogens with one attached hydrogen (secondary N) is 1. The molecule has 3 rings (SSSR count). The SMILES string of the molecule is Cc1c(-c2noc(C3=CCCC3)n2)c(=O)[nH]c(=O)n1C. The fourth-order valence-corrected chi connectivity index (χ4v) is 2.31. The Hall–Kier alpha value is -2.44. The van der Waals surface area contributed by atoms with Gasteiger partial charge in [0.1, 0.15) is 5.56 Å². The summed E-state index contributed by atoms with van der Waals surface area (Å²) in [6.07, 6.45) is 5.05. The van der Waals surface area contributed by atoms with Crippen molar-refractivity contribution in [3.8, 4) is 11.4 Å². The monoisotopic (exact) mass is 274 g/mol. The third-order valence-corrected chi connectivity index (χ3v) is 3.58. The number of aromatic nitrogens is 4. The second kappa shape index (κ2) is 4.59. The minimum Gasteiger partial charge on any atom is -0.334 e. The molecule has 0 aromatic carbocycles. The van der Waals surface area contributed by atoms with Gasteiger partial charge in [0.2, 0.25) is 5.82 Å². The number of aromatic amines is 1. The quantitative estimate of drug-likeness (QED) is 0.881. The van der Waals surface area contributed by atoms with Crippen LogP contribution in [0.1, 0.15) is 30.8 Å². The van der Waals surface area contributed by atoms with Crippen molar-refractivity contribution in [1.82, 2.24) is 19.7 Å². The second-order valence-corrected chi connectivity index (χ2v) is 4.82. The first kappa shape index (κ1) is 12.6. The molecule has 2 aromatic heterocycles. The van der Waals surface area contributed by atoms with Gasteiger partial charge in [-0.15, -0.1) is 0 Å². The molecule has 0 amide bonds. The lowest BCUT2D eigenvalue weighted by Crippen LogP contribution is -2.31. The maximum atomic E-state index is 11.9. The topological polar surface area (TPSA) is 93.8 Å². The number of H-pyrrole nitrogens is 1. The van der Waals surface area contributed by atoms with E-state index in [1.54, 1.807) is 14.0 Å². The van der Waals surface area contributed by atoms with Crippen LogP contribution in [-0.4, -0.2) is 19.7 Å². The Balaban J connectivity index is 2.13. The maximum absolute atomic E-state index is 11.9. The van der Waals surface area contributed by atoms with Gasteiger partial charge in [0.15, 0.2) is 0 Å². The van der Waals surface area contributed by atoms with E-state index in [0.29, 0.717) is 11.6 Å². The average molecular weight is 274 g/mol. The largest absolute Gasteiger partial charge is 0.334 e. The van der Waals surface area contributed by atoms with E-state index < -0.39 is 11.2 Å². The van der Waals surface area contributed by atoms with Crippen LogP contribution in [0, 0.1) is 6.92 Å². The first-order chi connectivity index (χ1) is 9.58. The van der Waals surface area contributed by atoms with Crippen LogP contribution < -0.4 is 11.2 Å². The molecule has 0 unspecified atom stereocenters. The predicted octanol–water partition coefficient (Wildman–Crippen LogP) is 0.999. The zero-order valence-corrected chi connectivity index (χ0v) is 11.3. The van der Waals surface area contributed by atoms with Gasteiger partial charge in [-0.2, -0.15) is 4.98 Å². The lowest BCUT2D eigenvalue weighted by Gasteiger charge is -2.04. The molecule has 0 radical (unpaired) electrons. The molecule has 2 aromatic rings. The molecule has 1 aliphatic rings. The maximum Gasteiger partial charge on any atom is 0.328 e. The second-order valence-electron chi connectivity index (χ2n) is 4.82. The van der Waals surface area contributed by atoms with Gasteiger partial charge in [-0.05, 0) is 26.2 Å². The lowest BCUT2D eigenvalue weighted by atomic mass is 10.2. The van der Waals surface area contributed by atoms with Crippen LogP contribution in [0.3, 0.4) is 0 Å². The van der Waals surface area contributed by atoms with Gasteiger partial charge in [0, 0.05) is 18.3 Å². The van der Waals surface area contributed by atoms with Crippen molar-refractivity contribution >= 4 is 5.57 Å². The summed E-state index contributed by atoms with van der Waals surface area (Å²) in [7, 11) is 1.58. The summed E-state index contributed by atoms with van der Waals surface area (Å²) >= 11 is 0. The van der Waals surface area contributed by atoms with Crippen LogP contribution in [0.25, 0.3) is 17.0 Å². The van der Waals surface area contributed by atoms with Crippen molar-refractivity contribution < 1.29 is 4.52 Å². The summed E-state index contributed by atoms with van der Waals surface area (Å²) < 4.78 is 6.56. The predicted molar refractivity (Wildman–Crippen MR) is 72.2 cm³/mol. The molecule has 1 N–H and O–H groups in total. The van der Waals surface area contributed by atoms with Gasteiger partial charge in [-0.1, -0.05) is 11.2 Å². The molecule has 7 nitrogen and oxygen atoms in total. The first-order valence-corrected chi connectivity index (χ1v) is 6.41. The van der Waals surface area contributed by atoms with Crippen molar-refractivity contribution in [3.05, 3.63) is 38.5 Å². The van der Waals surface area contributed by atoms with Crippen LogP contribution in [0.2, 0.25) is 0 Å². The van der Waals surface area contributed by atoms with Crippen LogP contribution in [-0.2, 0) is 7.05 Å². The molecule has 104 valence electrons. The number of rotatable bonds is 2. The third kappa shape index (κ3) is 1.91. The van der Waals surface area contributed by atoms with Gasteiger partial charge >= 0.3 is 5.69 Å². The third-order valence-electron chi connectivity index (χ3n) is 3.58. The van der Waals surface area contributed by atoms with Gasteiger partial charge in [-0.3, -0.25) is 9.78 Å². The van der Waals surface area contributed by atoms with Crippen molar-refractivity contribution in [2.75, 3.05) is 0 Å². The molecule has 0 bridgehead atoms. The minimum absolute atomic E-state index is 0.210. The van der Waals surface area contributed by atoms with E-state index in [1.165, 1.54) is 4.57 Å². The lowest BCUT2D eigenvalue weighted by molar-refractivity contribution is 0.407. The molecule has 0 aliphatic heterocycles. The van der Waals surface area contributed by atoms with Crippen LogP contribution >= 0.6 is 0 Å². The van der Waals surface area contributed by atoms with E-state index in [0.717, 1.165) is 24.8 Å². The molecular formula is C13H14N4O3. The van der Waals surface area contributed by atoms with E-state index in [-0.39, 0.29) is 11.4 Å². The Kier molecular flexibility index (Phi) is 2.89. The normalized spacial score (nSPS) is 14.6. The van der Waals surface area contributed by atoms with Crippen LogP contribution in [0.5, 0.6) is 0 Å². The smallest absolute Gasteiger partial charge is 0.328 e. The Bertz CT molecular complexity index is 810. The molecular weight excluding hydrogens is 260 g/mol. The summed E-state index contributed by atoms with van der Waals surface area (Å²) in [5.41, 5.74) is 0.826. The summed E-state index contributed by atoms with van der Waals surface area (Å²) in [5, 5.41) is 3.86. The zero-order chi connectivity index (χ0) is 14.3. The molecule has 2 heterocycles. The molecule has 0 spiro atoms. The molecule has 7 heteroatoms. The summed E-state index contributed by atoms with van der Waals surface area (Å²) in [4.78, 5) is 29.9. The summed E-state index contributed by atoms with van der Waals surface area (Å²) in [6.45, 7) is 1.68. The van der Waals surface area contributed by atoms with E-state index in [1.807, 2.05) is 0 Å². The van der Waals surface area contributed by atoms with Crippen molar-refractivity contribution in [2.24, 2.45) is 7.05 Å². The van der Waals surface area contributed by atoms with Gasteiger partial charge in [0.25, 0.3) is 11.4 Å². The van der Waals surface area contributed by atoms with E-state index in [9.17, 15) is 9.59 Å². The molecule has 20 heavy (non-hydrogen) atoms. The standard InChI is InChI=1S/C13H14N4O3/c1-7-9(11(18)15-13(19)17(7)2)10-14-12(20-16-10)8-5-3-4-6-8/h5H,3-4,6H2,1-2H3,(H,15,18,19). The van der Waals surface area contributed by atoms with Crippen molar-refractivity contribution in [3.63, 3.8) is 0 Å².